The van der Waals surface area contributed by atoms with E-state index in [1.165, 1.54) is 6.26 Å². The fourth-order valence-corrected chi connectivity index (χ4v) is 9.52. The first-order valence-corrected chi connectivity index (χ1v) is 12.4. The molecular weight excluding hydrogens is 456 g/mol. The van der Waals surface area contributed by atoms with E-state index in [0.717, 1.165) is 5.56 Å². The van der Waals surface area contributed by atoms with E-state index in [4.69, 9.17) is 23.4 Å². The third-order valence-electron chi connectivity index (χ3n) is 10.7. The van der Waals surface area contributed by atoms with Crippen LogP contribution in [0.3, 0.4) is 0 Å². The molecule has 7 rings (SSSR count). The summed E-state index contributed by atoms with van der Waals surface area (Å²) in [5.74, 6) is -2.09. The number of hydrogen-bond donors (Lipinski definition) is 1. The Kier molecular flexibility index (Phi) is 3.88. The molecule has 2 aliphatic carbocycles. The Morgan fingerprint density at radius 1 is 1.06 bits per heavy atom. The summed E-state index contributed by atoms with van der Waals surface area (Å²) >= 11 is 0. The van der Waals surface area contributed by atoms with Crippen molar-refractivity contribution in [1.29, 1.82) is 0 Å². The van der Waals surface area contributed by atoms with Crippen molar-refractivity contribution in [3.8, 4) is 0 Å². The third kappa shape index (κ3) is 2.14. The van der Waals surface area contributed by atoms with Crippen LogP contribution in [0, 0.1) is 28.1 Å². The van der Waals surface area contributed by atoms with Gasteiger partial charge < -0.3 is 28.5 Å². The van der Waals surface area contributed by atoms with Crippen LogP contribution in [0.25, 0.3) is 0 Å². The Hall–Kier alpha value is -2.23. The highest BCUT2D eigenvalue weighted by atomic mass is 16.7. The summed E-state index contributed by atoms with van der Waals surface area (Å²) in [7, 11) is 0. The minimum absolute atomic E-state index is 0.0520. The number of carbonyl (C=O) groups excluding carboxylic acids is 3. The Morgan fingerprint density at radius 2 is 1.83 bits per heavy atom. The van der Waals surface area contributed by atoms with Crippen LogP contribution in [-0.2, 0) is 33.3 Å². The lowest BCUT2D eigenvalue weighted by atomic mass is 9.36. The summed E-state index contributed by atoms with van der Waals surface area (Å²) in [5, 5.41) is 11.8. The number of ether oxygens (including phenoxy) is 4. The fourth-order valence-electron chi connectivity index (χ4n) is 9.52. The van der Waals surface area contributed by atoms with E-state index in [9.17, 15) is 19.5 Å². The molecule has 2 spiro atoms. The Labute approximate surface area is 202 Å². The largest absolute Gasteiger partial charge is 0.472 e. The first kappa shape index (κ1) is 22.0. The highest BCUT2D eigenvalue weighted by Crippen LogP contribution is 2.80. The van der Waals surface area contributed by atoms with Crippen LogP contribution >= 0.6 is 0 Å². The van der Waals surface area contributed by atoms with Crippen molar-refractivity contribution < 1.29 is 42.9 Å². The zero-order chi connectivity index (χ0) is 24.8. The van der Waals surface area contributed by atoms with Crippen LogP contribution < -0.4 is 0 Å². The normalized spacial score (nSPS) is 53.3. The highest BCUT2D eigenvalue weighted by Gasteiger charge is 2.90. The molecule has 1 aromatic heterocycles. The van der Waals surface area contributed by atoms with Gasteiger partial charge in [0.05, 0.1) is 36.6 Å². The Morgan fingerprint density at radius 3 is 2.54 bits per heavy atom. The number of ketones is 1. The van der Waals surface area contributed by atoms with E-state index in [1.807, 2.05) is 27.7 Å². The third-order valence-corrected chi connectivity index (χ3v) is 10.7. The molecule has 6 fully saturated rings. The summed E-state index contributed by atoms with van der Waals surface area (Å²) in [6.45, 7) is 7.66. The first-order chi connectivity index (χ1) is 16.4. The number of aliphatic hydroxyl groups excluding tert-OH is 1. The highest BCUT2D eigenvalue weighted by molar-refractivity contribution is 5.92. The Bertz CT molecular complexity index is 1160. The molecular formula is C26H30O9. The molecule has 5 heterocycles. The van der Waals surface area contributed by atoms with Gasteiger partial charge in [-0.2, -0.15) is 0 Å². The zero-order valence-corrected chi connectivity index (χ0v) is 20.2. The molecule has 0 amide bonds. The van der Waals surface area contributed by atoms with Crippen LogP contribution in [0.5, 0.6) is 0 Å². The number of furan rings is 1. The minimum atomic E-state index is -1.37. The SMILES string of the molecule is CC1(C)O[C@H]2CC(=O)OC[C@]23[C@H]1C(=O)[C@@H](O)[C@]1(C)[C@H]3CC[C@@]2(C)[C@H](c3ccoc3)OC(=O)[C@H]3O[C@]312. The van der Waals surface area contributed by atoms with E-state index in [2.05, 4.69) is 0 Å². The number of carbonyl (C=O) groups is 3. The second-order valence-corrected chi connectivity index (χ2v) is 12.3. The summed E-state index contributed by atoms with van der Waals surface area (Å²) in [6.07, 6.45) is 1.02. The predicted molar refractivity (Wildman–Crippen MR) is 116 cm³/mol. The van der Waals surface area contributed by atoms with Crippen LogP contribution in [0.4, 0.5) is 0 Å². The van der Waals surface area contributed by atoms with Gasteiger partial charge in [-0.3, -0.25) is 9.59 Å². The zero-order valence-electron chi connectivity index (χ0n) is 20.2. The average Bonchev–Trinajstić information content (AvgIpc) is 3.26. The molecule has 9 heteroatoms. The second kappa shape index (κ2) is 6.18. The molecule has 0 bridgehead atoms. The standard InChI is InChI=1S/C26H30O9/c1-22(2)17-16(28)18(29)24(4)13(25(17)11-32-15(27)9-14(25)34-22)5-7-23(3)19(12-6-8-31-10-12)33-21(30)20-26(23,24)35-20/h6,8,10,13-14,17-20,29H,5,7,9,11H2,1-4H3/t13-,14+,17+,18-,19+,20-,23+,24+,25-,26+/m1/s1. The van der Waals surface area contributed by atoms with E-state index in [0.29, 0.717) is 12.8 Å². The van der Waals surface area contributed by atoms with E-state index < -0.39 is 63.8 Å². The van der Waals surface area contributed by atoms with Gasteiger partial charge in [0.15, 0.2) is 11.9 Å². The number of aliphatic hydroxyl groups is 1. The number of hydrogen-bond acceptors (Lipinski definition) is 9. The number of epoxide rings is 1. The number of rotatable bonds is 1. The molecule has 0 radical (unpaired) electrons. The molecule has 10 atom stereocenters. The summed E-state index contributed by atoms with van der Waals surface area (Å²) in [5.41, 5.74) is -3.90. The van der Waals surface area contributed by atoms with Gasteiger partial charge >= 0.3 is 11.9 Å². The maximum absolute atomic E-state index is 14.1. The van der Waals surface area contributed by atoms with Crippen molar-refractivity contribution in [1.82, 2.24) is 0 Å². The van der Waals surface area contributed by atoms with Crippen molar-refractivity contribution in [3.63, 3.8) is 0 Å². The van der Waals surface area contributed by atoms with Crippen LogP contribution in [0.2, 0.25) is 0 Å². The van der Waals surface area contributed by atoms with Gasteiger partial charge in [-0.25, -0.2) is 4.79 Å². The quantitative estimate of drug-likeness (QED) is 0.469. The van der Waals surface area contributed by atoms with Gasteiger partial charge in [0.25, 0.3) is 0 Å². The van der Waals surface area contributed by atoms with Gasteiger partial charge in [0, 0.05) is 21.8 Å². The maximum atomic E-state index is 14.1. The number of esters is 2. The molecule has 4 saturated heterocycles. The number of fused-ring (bicyclic) bond motifs is 1. The van der Waals surface area contributed by atoms with Crippen LogP contribution in [0.1, 0.15) is 58.6 Å². The van der Waals surface area contributed by atoms with Gasteiger partial charge in [0.1, 0.15) is 24.4 Å². The summed E-state index contributed by atoms with van der Waals surface area (Å²) < 4.78 is 29.6. The summed E-state index contributed by atoms with van der Waals surface area (Å²) in [4.78, 5) is 39.6. The van der Waals surface area contributed by atoms with Crippen molar-refractivity contribution >= 4 is 17.7 Å². The summed E-state index contributed by atoms with van der Waals surface area (Å²) in [6, 6.07) is 1.77. The molecule has 35 heavy (non-hydrogen) atoms. The maximum Gasteiger partial charge on any atom is 0.339 e. The lowest BCUT2D eigenvalue weighted by Crippen LogP contribution is -2.76. The molecule has 2 saturated carbocycles. The van der Waals surface area contributed by atoms with E-state index >= 15 is 0 Å². The molecule has 1 aromatic rings. The van der Waals surface area contributed by atoms with Crippen molar-refractivity contribution in [2.45, 2.75) is 82.6 Å². The lowest BCUT2D eigenvalue weighted by Gasteiger charge is -2.66. The smallest absolute Gasteiger partial charge is 0.339 e. The van der Waals surface area contributed by atoms with Gasteiger partial charge in [-0.15, -0.1) is 0 Å². The molecule has 9 nitrogen and oxygen atoms in total. The molecule has 6 aliphatic rings. The van der Waals surface area contributed by atoms with Gasteiger partial charge in [-0.05, 0) is 38.7 Å². The number of Topliss-reactive ketones (excluding diaryl/α,β-unsaturated/α-hetero) is 1. The molecule has 0 aromatic carbocycles. The van der Waals surface area contributed by atoms with Crippen LogP contribution in [0.15, 0.2) is 23.0 Å². The van der Waals surface area contributed by atoms with E-state index in [-0.39, 0.29) is 30.7 Å². The molecule has 4 aliphatic heterocycles. The van der Waals surface area contributed by atoms with Crippen molar-refractivity contribution in [2.75, 3.05) is 6.61 Å². The molecule has 188 valence electrons. The van der Waals surface area contributed by atoms with Crippen molar-refractivity contribution in [2.24, 2.45) is 28.1 Å². The van der Waals surface area contributed by atoms with Crippen molar-refractivity contribution in [3.05, 3.63) is 24.2 Å². The predicted octanol–water partition coefficient (Wildman–Crippen LogP) is 2.11. The van der Waals surface area contributed by atoms with E-state index in [1.54, 1.807) is 12.3 Å². The van der Waals surface area contributed by atoms with Gasteiger partial charge in [0.2, 0.25) is 0 Å². The van der Waals surface area contributed by atoms with Gasteiger partial charge in [-0.1, -0.05) is 13.8 Å². The molecule has 0 unspecified atom stereocenters. The molecule has 1 N–H and O–H groups in total. The minimum Gasteiger partial charge on any atom is -0.472 e. The monoisotopic (exact) mass is 486 g/mol. The topological polar surface area (TPSA) is 125 Å². The average molecular weight is 487 g/mol. The lowest BCUT2D eigenvalue weighted by molar-refractivity contribution is -0.252. The van der Waals surface area contributed by atoms with Crippen LogP contribution in [-0.4, -0.2) is 58.9 Å². The first-order valence-electron chi connectivity index (χ1n) is 12.4. The fraction of sp³-hybridized carbons (Fsp3) is 0.731. The number of cyclic esters (lactones) is 2. The second-order valence-electron chi connectivity index (χ2n) is 12.3. The Balaban J connectivity index is 1.43.